The maximum atomic E-state index is 12.5. The number of amides is 1. The van der Waals surface area contributed by atoms with Gasteiger partial charge in [-0.3, -0.25) is 4.79 Å². The van der Waals surface area contributed by atoms with Gasteiger partial charge in [0, 0.05) is 30.6 Å². The van der Waals surface area contributed by atoms with Gasteiger partial charge in [0.1, 0.15) is 10.7 Å². The predicted octanol–water partition coefficient (Wildman–Crippen LogP) is 3.55. The van der Waals surface area contributed by atoms with Crippen molar-refractivity contribution in [2.45, 2.75) is 6.42 Å². The van der Waals surface area contributed by atoms with Crippen LogP contribution >= 0.6 is 34.5 Å². The Morgan fingerprint density at radius 1 is 1.23 bits per heavy atom. The molecule has 1 fully saturated rings. The van der Waals surface area contributed by atoms with Crippen LogP contribution in [0.3, 0.4) is 0 Å². The second kappa shape index (κ2) is 6.96. The van der Waals surface area contributed by atoms with E-state index in [-0.39, 0.29) is 5.91 Å². The number of carbonyl (C=O) groups excluding carboxylic acids is 1. The van der Waals surface area contributed by atoms with Gasteiger partial charge < -0.3 is 10.2 Å². The van der Waals surface area contributed by atoms with Crippen molar-refractivity contribution in [2.75, 3.05) is 26.2 Å². The van der Waals surface area contributed by atoms with Crippen molar-refractivity contribution in [2.24, 2.45) is 0 Å². The summed E-state index contributed by atoms with van der Waals surface area (Å²) in [5.41, 5.74) is 1.36. The molecule has 1 N–H and O–H groups in total. The molecule has 1 aromatic heterocycles. The van der Waals surface area contributed by atoms with E-state index in [1.54, 1.807) is 17.5 Å². The van der Waals surface area contributed by atoms with Gasteiger partial charge in [0.15, 0.2) is 0 Å². The van der Waals surface area contributed by atoms with E-state index in [1.165, 1.54) is 11.3 Å². The standard InChI is InChI=1S/C15H15Cl2N3OS/c16-11-3-2-10(8-12(11)17)14-19-13(9-22-14)15(21)20-6-1-4-18-5-7-20/h2-3,8-9,18H,1,4-7H2. The van der Waals surface area contributed by atoms with Gasteiger partial charge in [0.05, 0.1) is 10.0 Å². The summed E-state index contributed by atoms with van der Waals surface area (Å²) in [4.78, 5) is 18.8. The van der Waals surface area contributed by atoms with E-state index in [0.29, 0.717) is 15.7 Å². The van der Waals surface area contributed by atoms with Gasteiger partial charge >= 0.3 is 0 Å². The maximum Gasteiger partial charge on any atom is 0.273 e. The van der Waals surface area contributed by atoms with Crippen LogP contribution in [0.5, 0.6) is 0 Å². The highest BCUT2D eigenvalue weighted by molar-refractivity contribution is 7.13. The van der Waals surface area contributed by atoms with Crippen molar-refractivity contribution in [3.8, 4) is 10.6 Å². The lowest BCUT2D eigenvalue weighted by atomic mass is 10.2. The highest BCUT2D eigenvalue weighted by Gasteiger charge is 2.20. The Bertz CT molecular complexity index is 681. The third kappa shape index (κ3) is 3.43. The minimum Gasteiger partial charge on any atom is -0.336 e. The van der Waals surface area contributed by atoms with Crippen LogP contribution in [-0.4, -0.2) is 42.0 Å². The van der Waals surface area contributed by atoms with Gasteiger partial charge in [-0.1, -0.05) is 29.3 Å². The number of aromatic nitrogens is 1. The number of carbonyl (C=O) groups is 1. The molecule has 116 valence electrons. The number of thiazole rings is 1. The molecule has 0 atom stereocenters. The lowest BCUT2D eigenvalue weighted by Gasteiger charge is -2.18. The average Bonchev–Trinajstić information content (AvgIpc) is 2.85. The molecule has 1 saturated heterocycles. The summed E-state index contributed by atoms with van der Waals surface area (Å²) in [5, 5.41) is 6.86. The molecule has 1 aromatic carbocycles. The van der Waals surface area contributed by atoms with Gasteiger partial charge in [-0.2, -0.15) is 0 Å². The molecule has 1 amide bonds. The Labute approximate surface area is 143 Å². The molecule has 4 nitrogen and oxygen atoms in total. The number of hydrogen-bond donors (Lipinski definition) is 1. The summed E-state index contributed by atoms with van der Waals surface area (Å²) < 4.78 is 0. The van der Waals surface area contributed by atoms with Crippen molar-refractivity contribution in [1.29, 1.82) is 0 Å². The van der Waals surface area contributed by atoms with E-state index in [2.05, 4.69) is 10.3 Å². The van der Waals surface area contributed by atoms with E-state index in [0.717, 1.165) is 43.2 Å². The zero-order chi connectivity index (χ0) is 15.5. The number of benzene rings is 1. The van der Waals surface area contributed by atoms with Crippen LogP contribution in [0.4, 0.5) is 0 Å². The fourth-order valence-electron chi connectivity index (χ4n) is 2.34. The molecule has 2 heterocycles. The molecule has 2 aromatic rings. The first-order chi connectivity index (χ1) is 10.6. The van der Waals surface area contributed by atoms with Crippen molar-refractivity contribution >= 4 is 40.4 Å². The molecule has 0 saturated carbocycles. The normalized spacial score (nSPS) is 15.6. The fourth-order valence-corrected chi connectivity index (χ4v) is 3.43. The second-order valence-corrected chi connectivity index (χ2v) is 6.74. The summed E-state index contributed by atoms with van der Waals surface area (Å²) >= 11 is 13.4. The number of halogens is 2. The lowest BCUT2D eigenvalue weighted by molar-refractivity contribution is 0.0761. The molecule has 3 rings (SSSR count). The smallest absolute Gasteiger partial charge is 0.273 e. The Morgan fingerprint density at radius 2 is 2.09 bits per heavy atom. The number of hydrogen-bond acceptors (Lipinski definition) is 4. The number of nitrogens with zero attached hydrogens (tertiary/aromatic N) is 2. The topological polar surface area (TPSA) is 45.2 Å². The molecular weight excluding hydrogens is 341 g/mol. The third-order valence-corrected chi connectivity index (χ3v) is 5.15. The van der Waals surface area contributed by atoms with E-state index in [9.17, 15) is 4.79 Å². The van der Waals surface area contributed by atoms with Crippen LogP contribution in [0.1, 0.15) is 16.9 Å². The van der Waals surface area contributed by atoms with Crippen molar-refractivity contribution < 1.29 is 4.79 Å². The zero-order valence-corrected chi connectivity index (χ0v) is 14.1. The summed E-state index contributed by atoms with van der Waals surface area (Å²) in [6.45, 7) is 3.27. The fraction of sp³-hybridized carbons (Fsp3) is 0.333. The Hall–Kier alpha value is -1.14. The van der Waals surface area contributed by atoms with Gasteiger partial charge in [0.25, 0.3) is 5.91 Å². The molecule has 0 bridgehead atoms. The van der Waals surface area contributed by atoms with E-state index < -0.39 is 0 Å². The van der Waals surface area contributed by atoms with Crippen LogP contribution in [0.25, 0.3) is 10.6 Å². The van der Waals surface area contributed by atoms with E-state index >= 15 is 0 Å². The predicted molar refractivity (Wildman–Crippen MR) is 91.0 cm³/mol. The highest BCUT2D eigenvalue weighted by Crippen LogP contribution is 2.30. The van der Waals surface area contributed by atoms with Crippen LogP contribution < -0.4 is 5.32 Å². The molecule has 22 heavy (non-hydrogen) atoms. The molecule has 0 aliphatic carbocycles. The Balaban J connectivity index is 1.80. The number of nitrogens with one attached hydrogen (secondary N) is 1. The molecule has 0 radical (unpaired) electrons. The SMILES string of the molecule is O=C(c1csc(-c2ccc(Cl)c(Cl)c2)n1)N1CCCNCC1. The van der Waals surface area contributed by atoms with Gasteiger partial charge in [-0.05, 0) is 25.1 Å². The van der Waals surface area contributed by atoms with E-state index in [4.69, 9.17) is 23.2 Å². The van der Waals surface area contributed by atoms with E-state index in [1.807, 2.05) is 11.0 Å². The second-order valence-electron chi connectivity index (χ2n) is 5.06. The van der Waals surface area contributed by atoms with Crippen LogP contribution in [0, 0.1) is 0 Å². The van der Waals surface area contributed by atoms with Crippen molar-refractivity contribution in [3.63, 3.8) is 0 Å². The van der Waals surface area contributed by atoms with Crippen molar-refractivity contribution in [3.05, 3.63) is 39.3 Å². The van der Waals surface area contributed by atoms with Crippen LogP contribution in [-0.2, 0) is 0 Å². The Kier molecular flexibility index (Phi) is 4.98. The minimum absolute atomic E-state index is 0.00809. The molecule has 1 aliphatic heterocycles. The largest absolute Gasteiger partial charge is 0.336 e. The summed E-state index contributed by atoms with van der Waals surface area (Å²) in [7, 11) is 0. The van der Waals surface area contributed by atoms with Gasteiger partial charge in [-0.15, -0.1) is 11.3 Å². The summed E-state index contributed by atoms with van der Waals surface area (Å²) in [6.07, 6.45) is 0.968. The molecule has 1 aliphatic rings. The van der Waals surface area contributed by atoms with Gasteiger partial charge in [0.2, 0.25) is 0 Å². The maximum absolute atomic E-state index is 12.5. The Morgan fingerprint density at radius 3 is 2.91 bits per heavy atom. The van der Waals surface area contributed by atoms with Crippen LogP contribution in [0.15, 0.2) is 23.6 Å². The van der Waals surface area contributed by atoms with Crippen molar-refractivity contribution in [1.82, 2.24) is 15.2 Å². The number of rotatable bonds is 2. The molecule has 7 heteroatoms. The quantitative estimate of drug-likeness (QED) is 0.895. The van der Waals surface area contributed by atoms with Crippen LogP contribution in [0.2, 0.25) is 10.0 Å². The lowest BCUT2D eigenvalue weighted by Crippen LogP contribution is -2.34. The first kappa shape index (κ1) is 15.7. The molecule has 0 unspecified atom stereocenters. The highest BCUT2D eigenvalue weighted by atomic mass is 35.5. The first-order valence-corrected chi connectivity index (χ1v) is 8.69. The average molecular weight is 356 g/mol. The van der Waals surface area contributed by atoms with Gasteiger partial charge in [-0.25, -0.2) is 4.98 Å². The zero-order valence-electron chi connectivity index (χ0n) is 11.8. The minimum atomic E-state index is -0.00809. The summed E-state index contributed by atoms with van der Waals surface area (Å²) in [6, 6.07) is 5.37. The molecule has 0 spiro atoms. The first-order valence-electron chi connectivity index (χ1n) is 7.06. The summed E-state index contributed by atoms with van der Waals surface area (Å²) in [5.74, 6) is -0.00809. The third-order valence-electron chi connectivity index (χ3n) is 3.52. The monoisotopic (exact) mass is 355 g/mol. The molecular formula is C15H15Cl2N3OS.